The van der Waals surface area contributed by atoms with Gasteiger partial charge in [0.2, 0.25) is 5.01 Å². The molecule has 0 N–H and O–H groups in total. The predicted molar refractivity (Wildman–Crippen MR) is 62.7 cm³/mol. The van der Waals surface area contributed by atoms with Crippen molar-refractivity contribution in [3.05, 3.63) is 16.1 Å². The first-order valence-electron chi connectivity index (χ1n) is 5.70. The van der Waals surface area contributed by atoms with E-state index in [9.17, 15) is 0 Å². The summed E-state index contributed by atoms with van der Waals surface area (Å²) in [4.78, 5) is 0. The lowest BCUT2D eigenvalue weighted by Crippen LogP contribution is -2.37. The van der Waals surface area contributed by atoms with E-state index in [1.807, 2.05) is 11.3 Å². The molecule has 1 aromatic heterocycles. The summed E-state index contributed by atoms with van der Waals surface area (Å²) < 4.78 is 2.44. The number of hydrogen-bond acceptors (Lipinski definition) is 1. The van der Waals surface area contributed by atoms with Crippen LogP contribution in [0.2, 0.25) is 0 Å². The number of aromatic nitrogens is 1. The number of rotatable bonds is 6. The number of hydrogen-bond donors (Lipinski definition) is 0. The Bertz CT molecular complexity index is 246. The van der Waals surface area contributed by atoms with Crippen molar-refractivity contribution >= 4 is 11.3 Å². The van der Waals surface area contributed by atoms with E-state index < -0.39 is 0 Å². The van der Waals surface area contributed by atoms with Crippen molar-refractivity contribution in [2.45, 2.75) is 59.4 Å². The largest absolute Gasteiger partial charge is 0.234 e. The van der Waals surface area contributed by atoms with Crippen LogP contribution in [0.15, 0.2) is 5.38 Å². The van der Waals surface area contributed by atoms with E-state index in [0.717, 1.165) is 0 Å². The SMILES string of the molecule is CCCCCCC[n+]1c(C)csc1C. The zero-order valence-electron chi connectivity index (χ0n) is 9.68. The Kier molecular flexibility index (Phi) is 5.16. The average molecular weight is 212 g/mol. The fourth-order valence-electron chi connectivity index (χ4n) is 1.75. The Labute approximate surface area is 91.8 Å². The molecule has 0 aliphatic heterocycles. The maximum atomic E-state index is 2.44. The molecule has 0 aliphatic rings. The molecule has 1 nitrogen and oxygen atoms in total. The maximum absolute atomic E-state index is 2.44. The zero-order valence-corrected chi connectivity index (χ0v) is 10.5. The monoisotopic (exact) mass is 212 g/mol. The van der Waals surface area contributed by atoms with Crippen molar-refractivity contribution in [1.82, 2.24) is 0 Å². The first-order valence-corrected chi connectivity index (χ1v) is 6.58. The lowest BCUT2D eigenvalue weighted by atomic mass is 10.1. The van der Waals surface area contributed by atoms with Crippen LogP contribution in [0.4, 0.5) is 0 Å². The van der Waals surface area contributed by atoms with E-state index in [4.69, 9.17) is 0 Å². The van der Waals surface area contributed by atoms with Crippen molar-refractivity contribution < 1.29 is 4.57 Å². The summed E-state index contributed by atoms with van der Waals surface area (Å²) >= 11 is 1.86. The highest BCUT2D eigenvalue weighted by atomic mass is 32.1. The van der Waals surface area contributed by atoms with Gasteiger partial charge in [0, 0.05) is 20.3 Å². The van der Waals surface area contributed by atoms with Gasteiger partial charge < -0.3 is 0 Å². The molecule has 0 aromatic carbocycles. The molecule has 0 radical (unpaired) electrons. The summed E-state index contributed by atoms with van der Waals surface area (Å²) in [7, 11) is 0. The van der Waals surface area contributed by atoms with E-state index >= 15 is 0 Å². The minimum Gasteiger partial charge on any atom is -0.191 e. The van der Waals surface area contributed by atoms with Crippen LogP contribution in [-0.2, 0) is 6.54 Å². The second-order valence-corrected chi connectivity index (χ2v) is 5.02. The smallest absolute Gasteiger partial charge is 0.191 e. The van der Waals surface area contributed by atoms with E-state index in [1.165, 1.54) is 49.4 Å². The molecule has 0 saturated heterocycles. The molecule has 0 unspecified atom stereocenters. The van der Waals surface area contributed by atoms with Crippen molar-refractivity contribution in [1.29, 1.82) is 0 Å². The van der Waals surface area contributed by atoms with Gasteiger partial charge in [0.25, 0.3) is 0 Å². The zero-order chi connectivity index (χ0) is 10.4. The Morgan fingerprint density at radius 2 is 1.86 bits per heavy atom. The third-order valence-corrected chi connectivity index (χ3v) is 3.71. The molecule has 1 rings (SSSR count). The molecule has 0 fully saturated rings. The molecule has 0 saturated carbocycles. The Morgan fingerprint density at radius 1 is 1.14 bits per heavy atom. The van der Waals surface area contributed by atoms with Gasteiger partial charge in [-0.1, -0.05) is 37.5 Å². The van der Waals surface area contributed by atoms with Crippen molar-refractivity contribution in [2.75, 3.05) is 0 Å². The lowest BCUT2D eigenvalue weighted by molar-refractivity contribution is -0.703. The normalized spacial score (nSPS) is 10.8. The molecule has 1 heterocycles. The highest BCUT2D eigenvalue weighted by Crippen LogP contribution is 2.07. The maximum Gasteiger partial charge on any atom is 0.234 e. The lowest BCUT2D eigenvalue weighted by Gasteiger charge is -1.98. The molecule has 0 bridgehead atoms. The van der Waals surface area contributed by atoms with Crippen LogP contribution < -0.4 is 4.57 Å². The molecular weight excluding hydrogens is 190 g/mol. The van der Waals surface area contributed by atoms with Crippen LogP contribution >= 0.6 is 11.3 Å². The molecule has 0 aliphatic carbocycles. The second kappa shape index (κ2) is 6.18. The van der Waals surface area contributed by atoms with Crippen molar-refractivity contribution in [3.8, 4) is 0 Å². The highest BCUT2D eigenvalue weighted by molar-refractivity contribution is 7.09. The number of aryl methyl sites for hydroxylation is 2. The van der Waals surface area contributed by atoms with Gasteiger partial charge in [0.1, 0.15) is 6.54 Å². The van der Waals surface area contributed by atoms with Gasteiger partial charge in [-0.2, -0.15) is 4.57 Å². The fraction of sp³-hybridized carbons (Fsp3) is 0.750. The van der Waals surface area contributed by atoms with Gasteiger partial charge in [-0.3, -0.25) is 0 Å². The van der Waals surface area contributed by atoms with Gasteiger partial charge in [-0.15, -0.1) is 0 Å². The van der Waals surface area contributed by atoms with Gasteiger partial charge in [-0.05, 0) is 6.42 Å². The average Bonchev–Trinajstić information content (AvgIpc) is 2.48. The van der Waals surface area contributed by atoms with E-state index in [1.54, 1.807) is 0 Å². The summed E-state index contributed by atoms with van der Waals surface area (Å²) in [6, 6.07) is 0. The van der Waals surface area contributed by atoms with Crippen LogP contribution in [0.3, 0.4) is 0 Å². The van der Waals surface area contributed by atoms with Crippen LogP contribution in [0, 0.1) is 13.8 Å². The van der Waals surface area contributed by atoms with Gasteiger partial charge >= 0.3 is 0 Å². The quantitative estimate of drug-likeness (QED) is 0.501. The van der Waals surface area contributed by atoms with E-state index in [-0.39, 0.29) is 0 Å². The molecule has 0 amide bonds. The fourth-order valence-corrected chi connectivity index (χ4v) is 2.58. The standard InChI is InChI=1S/C12H22NS/c1-4-5-6-7-8-9-13-11(2)10-14-12(13)3/h10H,4-9H2,1-3H3/q+1. The van der Waals surface area contributed by atoms with Gasteiger partial charge in [0.05, 0.1) is 5.38 Å². The number of nitrogens with zero attached hydrogens (tertiary/aromatic N) is 1. The van der Waals surface area contributed by atoms with Crippen molar-refractivity contribution in [2.24, 2.45) is 0 Å². The van der Waals surface area contributed by atoms with Crippen LogP contribution in [0.1, 0.15) is 49.7 Å². The molecule has 2 heteroatoms. The molecule has 80 valence electrons. The van der Waals surface area contributed by atoms with Crippen LogP contribution in [0.5, 0.6) is 0 Å². The summed E-state index contributed by atoms with van der Waals surface area (Å²) in [5, 5.41) is 3.69. The summed E-state index contributed by atoms with van der Waals surface area (Å²) in [6.07, 6.45) is 6.86. The molecule has 14 heavy (non-hydrogen) atoms. The van der Waals surface area contributed by atoms with Crippen molar-refractivity contribution in [3.63, 3.8) is 0 Å². The Hall–Kier alpha value is -0.370. The third kappa shape index (κ3) is 3.41. The molecule has 0 atom stereocenters. The van der Waals surface area contributed by atoms with E-state index in [2.05, 4.69) is 30.7 Å². The summed E-state index contributed by atoms with van der Waals surface area (Å²) in [6.45, 7) is 7.89. The minimum atomic E-state index is 1.21. The number of unbranched alkanes of at least 4 members (excludes halogenated alkanes) is 4. The number of thiazole rings is 1. The summed E-state index contributed by atoms with van der Waals surface area (Å²) in [5.41, 5.74) is 1.42. The van der Waals surface area contributed by atoms with Crippen LogP contribution in [-0.4, -0.2) is 0 Å². The first-order chi connectivity index (χ1) is 6.75. The van der Waals surface area contributed by atoms with Gasteiger partial charge in [0.15, 0.2) is 5.69 Å². The molecule has 0 spiro atoms. The topological polar surface area (TPSA) is 3.88 Å². The predicted octanol–water partition coefficient (Wildman–Crippen LogP) is 3.62. The van der Waals surface area contributed by atoms with Crippen LogP contribution in [0.25, 0.3) is 0 Å². The minimum absolute atomic E-state index is 1.21. The molecule has 1 aromatic rings. The Balaban J connectivity index is 2.24. The summed E-state index contributed by atoms with van der Waals surface area (Å²) in [5.74, 6) is 0. The highest BCUT2D eigenvalue weighted by Gasteiger charge is 2.11. The second-order valence-electron chi connectivity index (χ2n) is 3.96. The third-order valence-electron chi connectivity index (χ3n) is 2.69. The van der Waals surface area contributed by atoms with E-state index in [0.29, 0.717) is 0 Å². The molecular formula is C12H22NS+. The first kappa shape index (κ1) is 11.7. The Morgan fingerprint density at radius 3 is 2.43 bits per heavy atom. The van der Waals surface area contributed by atoms with Gasteiger partial charge in [-0.25, -0.2) is 0 Å².